The number of ether oxygens (including phenoxy) is 1. The lowest BCUT2D eigenvalue weighted by Gasteiger charge is -2.28. The SMILES string of the molecule is COCCN1C(=S)N[C@@H](c2ccccn2)[C@@H]1c1c(C)c(C)n(-c2ccccc2)c1C. The van der Waals surface area contributed by atoms with Crippen LogP contribution in [-0.4, -0.2) is 39.8 Å². The number of para-hydroxylation sites is 1. The third-order valence-electron chi connectivity index (χ3n) is 6.05. The molecular weight excluding hydrogens is 392 g/mol. The van der Waals surface area contributed by atoms with Crippen molar-refractivity contribution in [2.24, 2.45) is 0 Å². The van der Waals surface area contributed by atoms with E-state index >= 15 is 0 Å². The van der Waals surface area contributed by atoms with Gasteiger partial charge in [0.25, 0.3) is 0 Å². The number of benzene rings is 1. The number of pyridine rings is 1. The number of nitrogens with one attached hydrogen (secondary N) is 1. The van der Waals surface area contributed by atoms with Crippen molar-refractivity contribution in [1.29, 1.82) is 0 Å². The minimum atomic E-state index is -0.0148. The average Bonchev–Trinajstić information content (AvgIpc) is 3.20. The van der Waals surface area contributed by atoms with E-state index in [9.17, 15) is 0 Å². The van der Waals surface area contributed by atoms with Gasteiger partial charge in [0.2, 0.25) is 0 Å². The highest BCUT2D eigenvalue weighted by Gasteiger charge is 2.42. The third-order valence-corrected chi connectivity index (χ3v) is 6.40. The second-order valence-electron chi connectivity index (χ2n) is 7.69. The van der Waals surface area contributed by atoms with Crippen LogP contribution >= 0.6 is 12.2 Å². The average molecular weight is 421 g/mol. The molecule has 156 valence electrons. The van der Waals surface area contributed by atoms with E-state index in [1.807, 2.05) is 24.4 Å². The molecule has 1 aromatic carbocycles. The summed E-state index contributed by atoms with van der Waals surface area (Å²) in [6.45, 7) is 7.94. The van der Waals surface area contributed by atoms with E-state index in [2.05, 4.69) is 70.9 Å². The zero-order valence-electron chi connectivity index (χ0n) is 17.9. The zero-order valence-corrected chi connectivity index (χ0v) is 18.7. The quantitative estimate of drug-likeness (QED) is 0.598. The van der Waals surface area contributed by atoms with Gasteiger partial charge in [-0.1, -0.05) is 24.3 Å². The maximum atomic E-state index is 5.75. The normalized spacial score (nSPS) is 18.7. The second-order valence-corrected chi connectivity index (χ2v) is 8.08. The van der Waals surface area contributed by atoms with Gasteiger partial charge in [0.05, 0.1) is 24.4 Å². The van der Waals surface area contributed by atoms with Crippen LogP contribution < -0.4 is 5.32 Å². The molecule has 0 aliphatic carbocycles. The first kappa shape index (κ1) is 20.6. The van der Waals surface area contributed by atoms with E-state index in [-0.39, 0.29) is 12.1 Å². The Bertz CT molecular complexity index is 1030. The minimum Gasteiger partial charge on any atom is -0.383 e. The fourth-order valence-corrected chi connectivity index (χ4v) is 4.89. The van der Waals surface area contributed by atoms with E-state index < -0.39 is 0 Å². The Balaban J connectivity index is 1.87. The van der Waals surface area contributed by atoms with Crippen molar-refractivity contribution in [3.05, 3.63) is 82.9 Å². The van der Waals surface area contributed by atoms with Crippen LogP contribution in [-0.2, 0) is 4.74 Å². The zero-order chi connectivity index (χ0) is 21.3. The summed E-state index contributed by atoms with van der Waals surface area (Å²) >= 11 is 5.75. The molecule has 0 bridgehead atoms. The maximum absolute atomic E-state index is 5.75. The van der Waals surface area contributed by atoms with E-state index in [1.54, 1.807) is 7.11 Å². The molecule has 5 nitrogen and oxygen atoms in total. The first-order valence-electron chi connectivity index (χ1n) is 10.3. The summed E-state index contributed by atoms with van der Waals surface area (Å²) in [5.74, 6) is 0. The Morgan fingerprint density at radius 2 is 1.77 bits per heavy atom. The number of hydrogen-bond acceptors (Lipinski definition) is 3. The van der Waals surface area contributed by atoms with Gasteiger partial charge in [-0.2, -0.15) is 0 Å². The highest BCUT2D eigenvalue weighted by Crippen LogP contribution is 2.43. The van der Waals surface area contributed by atoms with Crippen molar-refractivity contribution in [2.75, 3.05) is 20.3 Å². The summed E-state index contributed by atoms with van der Waals surface area (Å²) in [4.78, 5) is 6.90. The molecule has 1 saturated heterocycles. The van der Waals surface area contributed by atoms with Crippen molar-refractivity contribution in [2.45, 2.75) is 32.9 Å². The van der Waals surface area contributed by atoms with Crippen molar-refractivity contribution in [3.8, 4) is 5.69 Å². The van der Waals surface area contributed by atoms with Gasteiger partial charge in [-0.3, -0.25) is 4.98 Å². The van der Waals surface area contributed by atoms with E-state index in [4.69, 9.17) is 17.0 Å². The molecule has 1 fully saturated rings. The Morgan fingerprint density at radius 1 is 1.03 bits per heavy atom. The monoisotopic (exact) mass is 420 g/mol. The van der Waals surface area contributed by atoms with Gasteiger partial charge in [-0.15, -0.1) is 0 Å². The lowest BCUT2D eigenvalue weighted by atomic mass is 9.93. The summed E-state index contributed by atoms with van der Waals surface area (Å²) in [7, 11) is 1.73. The molecule has 4 rings (SSSR count). The molecule has 2 aromatic heterocycles. The molecule has 0 saturated carbocycles. The highest BCUT2D eigenvalue weighted by molar-refractivity contribution is 7.80. The van der Waals surface area contributed by atoms with E-state index in [0.717, 1.165) is 17.4 Å². The molecule has 0 spiro atoms. The predicted molar refractivity (Wildman–Crippen MR) is 124 cm³/mol. The lowest BCUT2D eigenvalue weighted by molar-refractivity contribution is 0.164. The van der Waals surface area contributed by atoms with E-state index in [0.29, 0.717) is 6.61 Å². The summed E-state index contributed by atoms with van der Waals surface area (Å²) < 4.78 is 7.73. The Labute approximate surface area is 183 Å². The molecule has 6 heteroatoms. The number of thiocarbonyl (C=S) groups is 1. The topological polar surface area (TPSA) is 42.3 Å². The van der Waals surface area contributed by atoms with Crippen LogP contribution in [0.15, 0.2) is 54.7 Å². The number of hydrogen-bond donors (Lipinski definition) is 1. The molecular formula is C24H28N4OS. The van der Waals surface area contributed by atoms with Gasteiger partial charge in [0, 0.05) is 42.5 Å². The standard InChI is InChI=1S/C24H28N4OS/c1-16-17(2)28(19-10-6-5-7-11-19)18(3)21(16)23-22(20-12-8-9-13-25-20)26-24(30)27(23)14-15-29-4/h5-13,22-23H,14-15H2,1-4H3,(H,26,30)/t22-,23-/m0/s1. The summed E-state index contributed by atoms with van der Waals surface area (Å²) in [5, 5.41) is 4.28. The summed E-state index contributed by atoms with van der Waals surface area (Å²) in [5.41, 5.74) is 7.24. The van der Waals surface area contributed by atoms with Crippen LogP contribution in [0, 0.1) is 20.8 Å². The molecule has 3 heterocycles. The van der Waals surface area contributed by atoms with Crippen LogP contribution in [0.5, 0.6) is 0 Å². The van der Waals surface area contributed by atoms with E-state index in [1.165, 1.54) is 28.2 Å². The molecule has 3 aromatic rings. The Morgan fingerprint density at radius 3 is 2.43 bits per heavy atom. The molecule has 2 atom stereocenters. The largest absolute Gasteiger partial charge is 0.383 e. The van der Waals surface area contributed by atoms with Crippen LogP contribution in [0.4, 0.5) is 0 Å². The number of nitrogens with zero attached hydrogens (tertiary/aromatic N) is 3. The van der Waals surface area contributed by atoms with Crippen molar-refractivity contribution >= 4 is 17.3 Å². The van der Waals surface area contributed by atoms with Crippen LogP contribution in [0.3, 0.4) is 0 Å². The van der Waals surface area contributed by atoms with Gasteiger partial charge in [-0.25, -0.2) is 0 Å². The maximum Gasteiger partial charge on any atom is 0.170 e. The number of rotatable bonds is 6. The van der Waals surface area contributed by atoms with Crippen LogP contribution in [0.2, 0.25) is 0 Å². The molecule has 0 unspecified atom stereocenters. The third kappa shape index (κ3) is 3.50. The molecule has 0 amide bonds. The molecule has 1 aliphatic rings. The van der Waals surface area contributed by atoms with Gasteiger partial charge in [-0.05, 0) is 62.8 Å². The van der Waals surface area contributed by atoms with Gasteiger partial charge in [0.1, 0.15) is 0 Å². The Hall–Kier alpha value is -2.70. The smallest absolute Gasteiger partial charge is 0.170 e. The second kappa shape index (κ2) is 8.58. The lowest BCUT2D eigenvalue weighted by Crippen LogP contribution is -2.33. The van der Waals surface area contributed by atoms with Crippen LogP contribution in [0.25, 0.3) is 5.69 Å². The van der Waals surface area contributed by atoms with Gasteiger partial charge < -0.3 is 19.5 Å². The molecule has 30 heavy (non-hydrogen) atoms. The summed E-state index contributed by atoms with van der Waals surface area (Å²) in [6, 6.07) is 16.6. The fraction of sp³-hybridized carbons (Fsp3) is 0.333. The minimum absolute atomic E-state index is 0.0148. The van der Waals surface area contributed by atoms with Gasteiger partial charge in [0.15, 0.2) is 5.11 Å². The van der Waals surface area contributed by atoms with Gasteiger partial charge >= 0.3 is 0 Å². The molecule has 0 radical (unpaired) electrons. The first-order valence-corrected chi connectivity index (χ1v) is 10.7. The Kier molecular flexibility index (Phi) is 5.88. The fourth-order valence-electron chi connectivity index (χ4n) is 4.56. The molecule has 1 N–H and O–H groups in total. The van der Waals surface area contributed by atoms with Crippen molar-refractivity contribution < 1.29 is 4.74 Å². The highest BCUT2D eigenvalue weighted by atomic mass is 32.1. The van der Waals surface area contributed by atoms with Crippen molar-refractivity contribution in [3.63, 3.8) is 0 Å². The number of aromatic nitrogens is 2. The number of methoxy groups -OCH3 is 1. The van der Waals surface area contributed by atoms with Crippen LogP contribution in [0.1, 0.15) is 40.3 Å². The predicted octanol–water partition coefficient (Wildman–Crippen LogP) is 4.42. The van der Waals surface area contributed by atoms with Crippen molar-refractivity contribution in [1.82, 2.24) is 19.8 Å². The first-order chi connectivity index (χ1) is 14.5. The summed E-state index contributed by atoms with van der Waals surface area (Å²) in [6.07, 6.45) is 1.84. The molecule has 1 aliphatic heterocycles.